The molecule has 0 bridgehead atoms. The molecule has 0 aromatic carbocycles. The second-order valence-corrected chi connectivity index (χ2v) is 6.24. The Balaban J connectivity index is 3.19. The Labute approximate surface area is 90.0 Å². The fourth-order valence-electron chi connectivity index (χ4n) is 1.28. The van der Waals surface area contributed by atoms with E-state index in [9.17, 15) is 5.11 Å². The summed E-state index contributed by atoms with van der Waals surface area (Å²) in [4.78, 5) is 5.48. The van der Waals surface area contributed by atoms with Gasteiger partial charge in [0, 0.05) is 5.41 Å². The first kappa shape index (κ1) is 11.7. The summed E-state index contributed by atoms with van der Waals surface area (Å²) in [6, 6.07) is 0. The van der Waals surface area contributed by atoms with Crippen LogP contribution in [0.4, 0.5) is 0 Å². The van der Waals surface area contributed by atoms with Gasteiger partial charge in [0.25, 0.3) is 0 Å². The number of hydrogen-bond acceptors (Lipinski definition) is 3. The lowest BCUT2D eigenvalue weighted by Crippen LogP contribution is -2.14. The van der Waals surface area contributed by atoms with Crippen molar-refractivity contribution in [3.8, 4) is 0 Å². The predicted molar refractivity (Wildman–Crippen MR) is 60.8 cm³/mol. The molecule has 2 nitrogen and oxygen atoms in total. The molecule has 0 amide bonds. The van der Waals surface area contributed by atoms with Crippen molar-refractivity contribution in [1.82, 2.24) is 4.98 Å². The summed E-state index contributed by atoms with van der Waals surface area (Å²) in [6.45, 7) is 12.0. The summed E-state index contributed by atoms with van der Waals surface area (Å²) in [7, 11) is 0. The van der Waals surface area contributed by atoms with Gasteiger partial charge in [-0.3, -0.25) is 0 Å². The summed E-state index contributed by atoms with van der Waals surface area (Å²) in [5.41, 5.74) is 0.247. The van der Waals surface area contributed by atoms with Gasteiger partial charge in [0.15, 0.2) is 0 Å². The summed E-state index contributed by atoms with van der Waals surface area (Å²) >= 11 is 1.61. The average molecular weight is 213 g/mol. The number of thiazole rings is 1. The van der Waals surface area contributed by atoms with E-state index < -0.39 is 5.60 Å². The van der Waals surface area contributed by atoms with Crippen LogP contribution in [0.5, 0.6) is 0 Å². The molecule has 0 spiro atoms. The fourth-order valence-corrected chi connectivity index (χ4v) is 2.41. The van der Waals surface area contributed by atoms with Gasteiger partial charge in [0.1, 0.15) is 0 Å². The van der Waals surface area contributed by atoms with Crippen LogP contribution in [-0.2, 0) is 11.0 Å². The molecule has 1 rings (SSSR count). The van der Waals surface area contributed by atoms with E-state index in [0.29, 0.717) is 0 Å². The van der Waals surface area contributed by atoms with E-state index in [1.165, 1.54) is 0 Å². The highest BCUT2D eigenvalue weighted by molar-refractivity contribution is 7.12. The Bertz CT molecular complexity index is 328. The zero-order chi connectivity index (χ0) is 11.1. The second kappa shape index (κ2) is 3.31. The van der Waals surface area contributed by atoms with E-state index >= 15 is 0 Å². The SMILES string of the molecule is Cc1nc(C(C)(C)C)sc1C(C)(C)O. The molecule has 0 fully saturated rings. The van der Waals surface area contributed by atoms with Crippen LogP contribution in [0.3, 0.4) is 0 Å². The van der Waals surface area contributed by atoms with Gasteiger partial charge in [-0.15, -0.1) is 11.3 Å². The lowest BCUT2D eigenvalue weighted by atomic mass is 9.98. The van der Waals surface area contributed by atoms with Gasteiger partial charge >= 0.3 is 0 Å². The van der Waals surface area contributed by atoms with Crippen LogP contribution >= 0.6 is 11.3 Å². The van der Waals surface area contributed by atoms with E-state index in [2.05, 4.69) is 25.8 Å². The lowest BCUT2D eigenvalue weighted by molar-refractivity contribution is 0.0817. The van der Waals surface area contributed by atoms with Crippen molar-refractivity contribution in [2.45, 2.75) is 52.6 Å². The van der Waals surface area contributed by atoms with Crippen molar-refractivity contribution in [1.29, 1.82) is 0 Å². The minimum atomic E-state index is -0.773. The Hall–Kier alpha value is -0.410. The maximum absolute atomic E-state index is 9.92. The van der Waals surface area contributed by atoms with Gasteiger partial charge < -0.3 is 5.11 Å². The molecule has 0 aliphatic heterocycles. The molecule has 1 N–H and O–H groups in total. The third-order valence-electron chi connectivity index (χ3n) is 1.99. The molecule has 1 aromatic rings. The van der Waals surface area contributed by atoms with Crippen LogP contribution < -0.4 is 0 Å². The largest absolute Gasteiger partial charge is 0.385 e. The number of nitrogens with zero attached hydrogens (tertiary/aromatic N) is 1. The standard InChI is InChI=1S/C11H19NOS/c1-7-8(11(5,6)13)14-9(12-7)10(2,3)4/h13H,1-6H3. The molecule has 0 saturated heterocycles. The highest BCUT2D eigenvalue weighted by atomic mass is 32.1. The maximum atomic E-state index is 9.92. The molecular weight excluding hydrogens is 194 g/mol. The van der Waals surface area contributed by atoms with Crippen LogP contribution in [-0.4, -0.2) is 10.1 Å². The molecule has 0 unspecified atom stereocenters. The number of aryl methyl sites for hydroxylation is 1. The number of aromatic nitrogens is 1. The maximum Gasteiger partial charge on any atom is 0.0985 e. The van der Waals surface area contributed by atoms with Gasteiger partial charge in [-0.2, -0.15) is 0 Å². The first-order chi connectivity index (χ1) is 6.12. The lowest BCUT2D eigenvalue weighted by Gasteiger charge is -2.16. The monoisotopic (exact) mass is 213 g/mol. The minimum Gasteiger partial charge on any atom is -0.385 e. The zero-order valence-corrected chi connectivity index (χ0v) is 10.6. The Morgan fingerprint density at radius 1 is 1.14 bits per heavy atom. The number of aliphatic hydroxyl groups is 1. The van der Waals surface area contributed by atoms with Gasteiger partial charge in [0.2, 0.25) is 0 Å². The van der Waals surface area contributed by atoms with E-state index in [-0.39, 0.29) is 5.41 Å². The Kier molecular flexibility index (Phi) is 2.76. The van der Waals surface area contributed by atoms with Crippen LogP contribution in [0.2, 0.25) is 0 Å². The van der Waals surface area contributed by atoms with Crippen molar-refractivity contribution < 1.29 is 5.11 Å². The number of hydrogen-bond donors (Lipinski definition) is 1. The summed E-state index contributed by atoms with van der Waals surface area (Å²) in [6.07, 6.45) is 0. The molecule has 0 aliphatic carbocycles. The van der Waals surface area contributed by atoms with Crippen molar-refractivity contribution in [3.63, 3.8) is 0 Å². The smallest absolute Gasteiger partial charge is 0.0985 e. The van der Waals surface area contributed by atoms with E-state index in [0.717, 1.165) is 15.6 Å². The molecular formula is C11H19NOS. The van der Waals surface area contributed by atoms with Crippen molar-refractivity contribution in [2.75, 3.05) is 0 Å². The third kappa shape index (κ3) is 2.34. The van der Waals surface area contributed by atoms with Crippen LogP contribution in [0.25, 0.3) is 0 Å². The molecule has 0 aliphatic rings. The average Bonchev–Trinajstić information content (AvgIpc) is 2.27. The fraction of sp³-hybridized carbons (Fsp3) is 0.727. The van der Waals surface area contributed by atoms with E-state index in [4.69, 9.17) is 0 Å². The third-order valence-corrected chi connectivity index (χ3v) is 3.89. The van der Waals surface area contributed by atoms with Gasteiger partial charge in [-0.05, 0) is 20.8 Å². The molecule has 0 saturated carbocycles. The molecule has 80 valence electrons. The Morgan fingerprint density at radius 2 is 1.64 bits per heavy atom. The summed E-state index contributed by atoms with van der Waals surface area (Å²) in [5.74, 6) is 0. The summed E-state index contributed by atoms with van der Waals surface area (Å²) in [5, 5.41) is 11.0. The first-order valence-corrected chi connectivity index (χ1v) is 5.65. The first-order valence-electron chi connectivity index (χ1n) is 4.83. The van der Waals surface area contributed by atoms with Crippen molar-refractivity contribution in [2.24, 2.45) is 0 Å². The second-order valence-electron chi connectivity index (χ2n) is 5.24. The molecule has 1 heterocycles. The molecule has 14 heavy (non-hydrogen) atoms. The van der Waals surface area contributed by atoms with Crippen LogP contribution in [0.15, 0.2) is 0 Å². The molecule has 0 atom stereocenters. The topological polar surface area (TPSA) is 33.1 Å². The predicted octanol–water partition coefficient (Wildman–Crippen LogP) is 2.98. The highest BCUT2D eigenvalue weighted by Crippen LogP contribution is 2.34. The van der Waals surface area contributed by atoms with Gasteiger partial charge in [-0.25, -0.2) is 4.98 Å². The highest BCUT2D eigenvalue weighted by Gasteiger charge is 2.26. The van der Waals surface area contributed by atoms with Crippen LogP contribution in [0.1, 0.15) is 50.2 Å². The van der Waals surface area contributed by atoms with Crippen LogP contribution in [0, 0.1) is 6.92 Å². The van der Waals surface area contributed by atoms with E-state index in [1.807, 2.05) is 6.92 Å². The molecule has 3 heteroatoms. The normalized spacial score (nSPS) is 13.4. The quantitative estimate of drug-likeness (QED) is 0.778. The van der Waals surface area contributed by atoms with E-state index in [1.54, 1.807) is 25.2 Å². The van der Waals surface area contributed by atoms with Gasteiger partial charge in [-0.1, -0.05) is 20.8 Å². The number of rotatable bonds is 1. The molecule has 0 radical (unpaired) electrons. The molecule has 1 aromatic heterocycles. The summed E-state index contributed by atoms with van der Waals surface area (Å²) < 4.78 is 0. The minimum absolute atomic E-state index is 0.0684. The Morgan fingerprint density at radius 3 is 1.86 bits per heavy atom. The van der Waals surface area contributed by atoms with Gasteiger partial charge in [0.05, 0.1) is 21.2 Å². The van der Waals surface area contributed by atoms with Crippen molar-refractivity contribution in [3.05, 3.63) is 15.6 Å². The van der Waals surface area contributed by atoms with Crippen molar-refractivity contribution >= 4 is 11.3 Å². The zero-order valence-electron chi connectivity index (χ0n) is 9.80.